The Balaban J connectivity index is 1.69. The highest BCUT2D eigenvalue weighted by molar-refractivity contribution is 5.72. The molecule has 0 aliphatic carbocycles. The van der Waals surface area contributed by atoms with Gasteiger partial charge in [-0.3, -0.25) is 4.79 Å². The van der Waals surface area contributed by atoms with Gasteiger partial charge >= 0.3 is 5.97 Å². The van der Waals surface area contributed by atoms with Crippen molar-refractivity contribution in [3.05, 3.63) is 24.3 Å². The lowest BCUT2D eigenvalue weighted by Crippen LogP contribution is -2.42. The van der Waals surface area contributed by atoms with Crippen LogP contribution in [0.15, 0.2) is 24.3 Å². The number of hydrogen-bond donors (Lipinski definition) is 1. The quantitative estimate of drug-likeness (QED) is 0.729. The highest BCUT2D eigenvalue weighted by Gasteiger charge is 2.26. The summed E-state index contributed by atoms with van der Waals surface area (Å²) in [6, 6.07) is 7.31. The summed E-state index contributed by atoms with van der Waals surface area (Å²) in [6.45, 7) is 4.61. The number of nitrogens with zero attached hydrogens (tertiary/aromatic N) is 1. The third-order valence-electron chi connectivity index (χ3n) is 4.16. The van der Waals surface area contributed by atoms with Crippen molar-refractivity contribution in [1.29, 1.82) is 0 Å². The summed E-state index contributed by atoms with van der Waals surface area (Å²) in [5.74, 6) is 1.29. The summed E-state index contributed by atoms with van der Waals surface area (Å²) in [5.41, 5.74) is 0. The third kappa shape index (κ3) is 5.69. The fraction of sp³-hybridized carbons (Fsp3) is 0.611. The van der Waals surface area contributed by atoms with Crippen molar-refractivity contribution in [3.8, 4) is 11.5 Å². The fourth-order valence-corrected chi connectivity index (χ4v) is 2.85. The van der Waals surface area contributed by atoms with Crippen LogP contribution in [-0.2, 0) is 9.53 Å². The van der Waals surface area contributed by atoms with E-state index in [4.69, 9.17) is 14.2 Å². The van der Waals surface area contributed by atoms with Gasteiger partial charge in [-0.1, -0.05) is 6.07 Å². The molecule has 1 atom stereocenters. The van der Waals surface area contributed by atoms with Crippen LogP contribution in [0.2, 0.25) is 0 Å². The number of ether oxygens (including phenoxy) is 3. The number of methoxy groups -OCH3 is 1. The van der Waals surface area contributed by atoms with Gasteiger partial charge in [0.2, 0.25) is 0 Å². The Kier molecular flexibility index (Phi) is 7.34. The predicted octanol–water partition coefficient (Wildman–Crippen LogP) is 1.71. The Bertz CT molecular complexity index is 514. The van der Waals surface area contributed by atoms with Gasteiger partial charge in [-0.05, 0) is 45.0 Å². The maximum Gasteiger partial charge on any atom is 0.309 e. The average molecular weight is 337 g/mol. The molecule has 0 saturated carbocycles. The number of aliphatic hydroxyl groups excluding tert-OH is 1. The van der Waals surface area contributed by atoms with Crippen LogP contribution in [-0.4, -0.2) is 62.0 Å². The molecule has 0 bridgehead atoms. The van der Waals surface area contributed by atoms with Gasteiger partial charge in [0.05, 0.1) is 19.6 Å². The summed E-state index contributed by atoms with van der Waals surface area (Å²) in [7, 11) is 1.61. The van der Waals surface area contributed by atoms with Crippen LogP contribution in [0.4, 0.5) is 0 Å². The molecule has 0 radical (unpaired) electrons. The molecule has 1 aromatic rings. The van der Waals surface area contributed by atoms with Crippen LogP contribution >= 0.6 is 0 Å². The van der Waals surface area contributed by atoms with Crippen molar-refractivity contribution in [2.45, 2.75) is 25.9 Å². The minimum absolute atomic E-state index is 0.00798. The van der Waals surface area contributed by atoms with Gasteiger partial charge in [-0.25, -0.2) is 0 Å². The highest BCUT2D eigenvalue weighted by atomic mass is 16.5. The number of β-amino-alcohol motifs (C(OH)–C–C–N with tert-alkyl or cyclic N) is 1. The third-order valence-corrected chi connectivity index (χ3v) is 4.16. The standard InChI is InChI=1S/C18H27NO5/c1-3-23-18(21)14-7-9-19(10-8-14)12-15(20)13-24-17-6-4-5-16(11-17)22-2/h4-6,11,14-15,20H,3,7-10,12-13H2,1-2H3. The first-order valence-electron chi connectivity index (χ1n) is 8.46. The molecule has 1 N–H and O–H groups in total. The molecule has 1 unspecified atom stereocenters. The summed E-state index contributed by atoms with van der Waals surface area (Å²) in [6.07, 6.45) is 0.986. The number of esters is 1. The molecule has 2 rings (SSSR count). The molecule has 6 nitrogen and oxygen atoms in total. The van der Waals surface area contributed by atoms with Gasteiger partial charge in [0.1, 0.15) is 24.2 Å². The molecule has 134 valence electrons. The second kappa shape index (κ2) is 9.49. The van der Waals surface area contributed by atoms with Crippen molar-refractivity contribution >= 4 is 5.97 Å². The van der Waals surface area contributed by atoms with Gasteiger partial charge in [-0.2, -0.15) is 0 Å². The number of aliphatic hydroxyl groups is 1. The van der Waals surface area contributed by atoms with E-state index in [1.165, 1.54) is 0 Å². The molecule has 1 aromatic carbocycles. The Morgan fingerprint density at radius 3 is 2.71 bits per heavy atom. The Morgan fingerprint density at radius 1 is 1.33 bits per heavy atom. The SMILES string of the molecule is CCOC(=O)C1CCN(CC(O)COc2cccc(OC)c2)CC1. The fourth-order valence-electron chi connectivity index (χ4n) is 2.85. The van der Waals surface area contributed by atoms with E-state index < -0.39 is 6.10 Å². The van der Waals surface area contributed by atoms with E-state index in [0.717, 1.165) is 31.7 Å². The van der Waals surface area contributed by atoms with E-state index in [9.17, 15) is 9.90 Å². The molecule has 1 fully saturated rings. The zero-order valence-corrected chi connectivity index (χ0v) is 14.4. The van der Waals surface area contributed by atoms with Gasteiger partial charge in [0, 0.05) is 12.6 Å². The molecule has 0 spiro atoms. The zero-order valence-electron chi connectivity index (χ0n) is 14.4. The predicted molar refractivity (Wildman–Crippen MR) is 90.3 cm³/mol. The van der Waals surface area contributed by atoms with Crippen molar-refractivity contribution < 1.29 is 24.1 Å². The Morgan fingerprint density at radius 2 is 2.04 bits per heavy atom. The van der Waals surface area contributed by atoms with E-state index in [1.807, 2.05) is 25.1 Å². The maximum atomic E-state index is 11.7. The van der Waals surface area contributed by atoms with E-state index in [0.29, 0.717) is 18.9 Å². The largest absolute Gasteiger partial charge is 0.497 e. The number of carbonyl (C=O) groups excluding carboxylic acids is 1. The minimum Gasteiger partial charge on any atom is -0.497 e. The van der Waals surface area contributed by atoms with Gasteiger partial charge in [0.15, 0.2) is 0 Å². The van der Waals surface area contributed by atoms with Crippen LogP contribution in [0.1, 0.15) is 19.8 Å². The number of benzene rings is 1. The molecule has 1 aliphatic heterocycles. The molecule has 1 heterocycles. The number of rotatable bonds is 8. The topological polar surface area (TPSA) is 68.2 Å². The van der Waals surface area contributed by atoms with Crippen LogP contribution in [0, 0.1) is 5.92 Å². The summed E-state index contributed by atoms with van der Waals surface area (Å²) >= 11 is 0. The van der Waals surface area contributed by atoms with E-state index in [2.05, 4.69) is 4.90 Å². The first kappa shape index (κ1) is 18.5. The molecular weight excluding hydrogens is 310 g/mol. The van der Waals surface area contributed by atoms with Crippen molar-refractivity contribution in [2.24, 2.45) is 5.92 Å². The smallest absolute Gasteiger partial charge is 0.309 e. The lowest BCUT2D eigenvalue weighted by Gasteiger charge is -2.32. The minimum atomic E-state index is -0.574. The van der Waals surface area contributed by atoms with Crippen molar-refractivity contribution in [1.82, 2.24) is 4.90 Å². The summed E-state index contributed by atoms with van der Waals surface area (Å²) in [5, 5.41) is 10.2. The van der Waals surface area contributed by atoms with Crippen molar-refractivity contribution in [3.63, 3.8) is 0 Å². The Labute approximate surface area is 143 Å². The monoisotopic (exact) mass is 337 g/mol. The molecule has 1 saturated heterocycles. The van der Waals surface area contributed by atoms with Gasteiger partial charge in [-0.15, -0.1) is 0 Å². The number of likely N-dealkylation sites (tertiary alicyclic amines) is 1. The maximum absolute atomic E-state index is 11.7. The second-order valence-electron chi connectivity index (χ2n) is 5.97. The highest BCUT2D eigenvalue weighted by Crippen LogP contribution is 2.20. The number of piperidine rings is 1. The average Bonchev–Trinajstić information content (AvgIpc) is 2.61. The van der Waals surface area contributed by atoms with E-state index in [1.54, 1.807) is 13.2 Å². The van der Waals surface area contributed by atoms with E-state index in [-0.39, 0.29) is 18.5 Å². The lowest BCUT2D eigenvalue weighted by molar-refractivity contribution is -0.149. The molecule has 0 aromatic heterocycles. The van der Waals surface area contributed by atoms with Gasteiger partial charge < -0.3 is 24.2 Å². The number of hydrogen-bond acceptors (Lipinski definition) is 6. The van der Waals surface area contributed by atoms with Crippen LogP contribution in [0.3, 0.4) is 0 Å². The number of carbonyl (C=O) groups is 1. The first-order chi connectivity index (χ1) is 11.6. The Hall–Kier alpha value is -1.79. The molecule has 6 heteroatoms. The lowest BCUT2D eigenvalue weighted by atomic mass is 9.97. The summed E-state index contributed by atoms with van der Waals surface area (Å²) < 4.78 is 15.8. The second-order valence-corrected chi connectivity index (χ2v) is 5.97. The van der Waals surface area contributed by atoms with Crippen molar-refractivity contribution in [2.75, 3.05) is 40.0 Å². The zero-order chi connectivity index (χ0) is 17.4. The normalized spacial score (nSPS) is 17.3. The van der Waals surface area contributed by atoms with E-state index >= 15 is 0 Å². The molecule has 24 heavy (non-hydrogen) atoms. The van der Waals surface area contributed by atoms with Gasteiger partial charge in [0.25, 0.3) is 0 Å². The van der Waals surface area contributed by atoms with Crippen LogP contribution in [0.25, 0.3) is 0 Å². The molecule has 0 amide bonds. The first-order valence-corrected chi connectivity index (χ1v) is 8.46. The molecule has 1 aliphatic rings. The summed E-state index contributed by atoms with van der Waals surface area (Å²) in [4.78, 5) is 13.9. The molecular formula is C18H27NO5. The van der Waals surface area contributed by atoms with Crippen LogP contribution in [0.5, 0.6) is 11.5 Å². The van der Waals surface area contributed by atoms with Crippen LogP contribution < -0.4 is 9.47 Å².